The van der Waals surface area contributed by atoms with Gasteiger partial charge in [0.2, 0.25) is 0 Å². The molecule has 0 aliphatic heterocycles. The molecule has 2 aromatic rings. The van der Waals surface area contributed by atoms with E-state index < -0.39 is 6.10 Å². The van der Waals surface area contributed by atoms with Crippen LogP contribution in [0.3, 0.4) is 0 Å². The average Bonchev–Trinajstić information content (AvgIpc) is 2.38. The molecule has 0 saturated heterocycles. The molecular formula is C15H15ClFNO. The monoisotopic (exact) mass is 279 g/mol. The van der Waals surface area contributed by atoms with Crippen molar-refractivity contribution in [3.8, 4) is 5.75 Å². The van der Waals surface area contributed by atoms with Gasteiger partial charge in [-0.05, 0) is 42.3 Å². The summed E-state index contributed by atoms with van der Waals surface area (Å²) in [6.07, 6.45) is -0.420. The minimum Gasteiger partial charge on any atom is -0.483 e. The number of ether oxygens (including phenoxy) is 1. The lowest BCUT2D eigenvalue weighted by atomic mass is 10.1. The first-order chi connectivity index (χ1) is 9.10. The summed E-state index contributed by atoms with van der Waals surface area (Å²) in [6.45, 7) is 2.19. The Morgan fingerprint density at radius 3 is 2.68 bits per heavy atom. The van der Waals surface area contributed by atoms with E-state index in [1.165, 1.54) is 12.1 Å². The molecule has 0 aliphatic rings. The Morgan fingerprint density at radius 2 is 2.05 bits per heavy atom. The predicted molar refractivity (Wildman–Crippen MR) is 75.0 cm³/mol. The highest BCUT2D eigenvalue weighted by atomic mass is 35.5. The minimum absolute atomic E-state index is 0.244. The van der Waals surface area contributed by atoms with Crippen LogP contribution in [0.2, 0.25) is 5.02 Å². The molecule has 0 bridgehead atoms. The molecular weight excluding hydrogens is 265 g/mol. The van der Waals surface area contributed by atoms with Crippen molar-refractivity contribution in [2.75, 3.05) is 6.54 Å². The number of aryl methyl sites for hydroxylation is 1. The van der Waals surface area contributed by atoms with Gasteiger partial charge in [0.05, 0.1) is 5.02 Å². The second-order valence-electron chi connectivity index (χ2n) is 4.33. The molecule has 100 valence electrons. The van der Waals surface area contributed by atoms with Crippen molar-refractivity contribution >= 4 is 11.6 Å². The molecule has 4 heteroatoms. The van der Waals surface area contributed by atoms with Gasteiger partial charge in [-0.15, -0.1) is 0 Å². The van der Waals surface area contributed by atoms with Crippen LogP contribution in [0.4, 0.5) is 4.39 Å². The van der Waals surface area contributed by atoms with Crippen LogP contribution in [0, 0.1) is 12.7 Å². The fourth-order valence-electron chi connectivity index (χ4n) is 1.81. The van der Waals surface area contributed by atoms with Crippen molar-refractivity contribution in [3.05, 3.63) is 64.4 Å². The summed E-state index contributed by atoms with van der Waals surface area (Å²) in [5.74, 6) is 0.238. The fraction of sp³-hybridized carbons (Fsp3) is 0.200. The summed E-state index contributed by atoms with van der Waals surface area (Å²) in [5.41, 5.74) is 7.43. The number of nitrogens with two attached hydrogens (primary N) is 1. The van der Waals surface area contributed by atoms with Crippen LogP contribution in [-0.2, 0) is 0 Å². The Balaban J connectivity index is 2.24. The maximum absolute atomic E-state index is 13.2. The summed E-state index contributed by atoms with van der Waals surface area (Å²) in [5, 5.41) is 0.523. The molecule has 0 fully saturated rings. The minimum atomic E-state index is -0.420. The largest absolute Gasteiger partial charge is 0.483 e. The molecule has 1 unspecified atom stereocenters. The Labute approximate surface area is 117 Å². The Kier molecular flexibility index (Phi) is 4.40. The summed E-state index contributed by atoms with van der Waals surface area (Å²) in [6, 6.07) is 11.7. The SMILES string of the molecule is Cc1ccc(OC(CN)c2cccc(F)c2)c(Cl)c1. The number of benzene rings is 2. The van der Waals surface area contributed by atoms with Gasteiger partial charge in [-0.2, -0.15) is 0 Å². The van der Waals surface area contributed by atoms with Gasteiger partial charge in [0.25, 0.3) is 0 Å². The van der Waals surface area contributed by atoms with E-state index in [0.29, 0.717) is 16.3 Å². The van der Waals surface area contributed by atoms with Crippen molar-refractivity contribution in [3.63, 3.8) is 0 Å². The maximum Gasteiger partial charge on any atom is 0.138 e. The van der Waals surface area contributed by atoms with E-state index >= 15 is 0 Å². The van der Waals surface area contributed by atoms with E-state index in [0.717, 1.165) is 5.56 Å². The first-order valence-corrected chi connectivity index (χ1v) is 6.36. The maximum atomic E-state index is 13.2. The molecule has 2 rings (SSSR count). The standard InChI is InChI=1S/C15H15ClFNO/c1-10-5-6-14(13(16)7-10)19-15(9-18)11-3-2-4-12(17)8-11/h2-8,15H,9,18H2,1H3. The van der Waals surface area contributed by atoms with Crippen molar-refractivity contribution in [2.24, 2.45) is 5.73 Å². The third-order valence-electron chi connectivity index (χ3n) is 2.79. The normalized spacial score (nSPS) is 12.2. The lowest BCUT2D eigenvalue weighted by Crippen LogP contribution is -2.18. The zero-order valence-corrected chi connectivity index (χ0v) is 11.3. The molecule has 0 amide bonds. The lowest BCUT2D eigenvalue weighted by molar-refractivity contribution is 0.214. The topological polar surface area (TPSA) is 35.2 Å². The van der Waals surface area contributed by atoms with E-state index in [4.69, 9.17) is 22.1 Å². The molecule has 0 saturated carbocycles. The number of hydrogen-bond donors (Lipinski definition) is 1. The molecule has 0 heterocycles. The zero-order chi connectivity index (χ0) is 13.8. The van der Waals surface area contributed by atoms with Gasteiger partial charge < -0.3 is 10.5 Å². The molecule has 19 heavy (non-hydrogen) atoms. The molecule has 2 nitrogen and oxygen atoms in total. The molecule has 0 aliphatic carbocycles. The predicted octanol–water partition coefficient (Wildman–Crippen LogP) is 3.87. The quantitative estimate of drug-likeness (QED) is 0.922. The third-order valence-corrected chi connectivity index (χ3v) is 3.09. The molecule has 0 spiro atoms. The summed E-state index contributed by atoms with van der Waals surface area (Å²) in [4.78, 5) is 0. The van der Waals surface area contributed by atoms with Gasteiger partial charge >= 0.3 is 0 Å². The van der Waals surface area contributed by atoms with E-state index in [1.807, 2.05) is 19.1 Å². The molecule has 2 N–H and O–H groups in total. The number of halogens is 2. The number of rotatable bonds is 4. The van der Waals surface area contributed by atoms with Gasteiger partial charge in [-0.1, -0.05) is 29.8 Å². The zero-order valence-electron chi connectivity index (χ0n) is 10.6. The lowest BCUT2D eigenvalue weighted by Gasteiger charge is -2.19. The first kappa shape index (κ1) is 13.8. The van der Waals surface area contributed by atoms with E-state index in [-0.39, 0.29) is 12.4 Å². The average molecular weight is 280 g/mol. The Bertz CT molecular complexity index is 574. The van der Waals surface area contributed by atoms with E-state index in [9.17, 15) is 4.39 Å². The second-order valence-corrected chi connectivity index (χ2v) is 4.74. The fourth-order valence-corrected chi connectivity index (χ4v) is 2.09. The van der Waals surface area contributed by atoms with Crippen LogP contribution < -0.4 is 10.5 Å². The Morgan fingerprint density at radius 1 is 1.26 bits per heavy atom. The molecule has 1 atom stereocenters. The van der Waals surface area contributed by atoms with Crippen molar-refractivity contribution in [1.82, 2.24) is 0 Å². The summed E-state index contributed by atoms with van der Waals surface area (Å²) >= 11 is 6.11. The van der Waals surface area contributed by atoms with Gasteiger partial charge in [-0.25, -0.2) is 4.39 Å². The summed E-state index contributed by atoms with van der Waals surface area (Å²) in [7, 11) is 0. The van der Waals surface area contributed by atoms with E-state index in [2.05, 4.69) is 0 Å². The van der Waals surface area contributed by atoms with Crippen LogP contribution in [0.5, 0.6) is 5.75 Å². The molecule has 0 radical (unpaired) electrons. The summed E-state index contributed by atoms with van der Waals surface area (Å²) < 4.78 is 19.0. The van der Waals surface area contributed by atoms with Gasteiger partial charge in [0, 0.05) is 6.54 Å². The highest BCUT2D eigenvalue weighted by Gasteiger charge is 2.14. The molecule has 2 aromatic carbocycles. The molecule has 0 aromatic heterocycles. The van der Waals surface area contributed by atoms with Crippen molar-refractivity contribution in [2.45, 2.75) is 13.0 Å². The van der Waals surface area contributed by atoms with Crippen LogP contribution in [-0.4, -0.2) is 6.54 Å². The third kappa shape index (κ3) is 3.46. The van der Waals surface area contributed by atoms with Crippen LogP contribution in [0.25, 0.3) is 0 Å². The van der Waals surface area contributed by atoms with Gasteiger partial charge in [0.1, 0.15) is 17.7 Å². The van der Waals surface area contributed by atoms with Crippen LogP contribution in [0.15, 0.2) is 42.5 Å². The van der Waals surface area contributed by atoms with E-state index in [1.54, 1.807) is 18.2 Å². The first-order valence-electron chi connectivity index (χ1n) is 5.98. The Hall–Kier alpha value is -1.58. The highest BCUT2D eigenvalue weighted by Crippen LogP contribution is 2.29. The van der Waals surface area contributed by atoms with Crippen LogP contribution in [0.1, 0.15) is 17.2 Å². The van der Waals surface area contributed by atoms with Crippen molar-refractivity contribution < 1.29 is 9.13 Å². The van der Waals surface area contributed by atoms with Crippen molar-refractivity contribution in [1.29, 1.82) is 0 Å². The second kappa shape index (κ2) is 6.04. The number of hydrogen-bond acceptors (Lipinski definition) is 2. The highest BCUT2D eigenvalue weighted by molar-refractivity contribution is 6.32. The van der Waals surface area contributed by atoms with Gasteiger partial charge in [-0.3, -0.25) is 0 Å². The smallest absolute Gasteiger partial charge is 0.138 e. The van der Waals surface area contributed by atoms with Crippen LogP contribution >= 0.6 is 11.6 Å². The van der Waals surface area contributed by atoms with Gasteiger partial charge in [0.15, 0.2) is 0 Å².